The summed E-state index contributed by atoms with van der Waals surface area (Å²) in [4.78, 5) is 2.22. The van der Waals surface area contributed by atoms with Crippen molar-refractivity contribution >= 4 is 23.2 Å². The number of hydrogen-bond donors (Lipinski definition) is 1. The van der Waals surface area contributed by atoms with Crippen LogP contribution < -0.4 is 0 Å². The highest BCUT2D eigenvalue weighted by molar-refractivity contribution is 5.85. The van der Waals surface area contributed by atoms with Crippen molar-refractivity contribution in [2.75, 3.05) is 20.6 Å². The number of aromatic hydroxyl groups is 1. The average molecular weight is 280 g/mol. The Balaban J connectivity index is 0.00000180. The predicted octanol–water partition coefficient (Wildman–Crippen LogP) is 4.02. The van der Waals surface area contributed by atoms with Gasteiger partial charge in [-0.05, 0) is 61.4 Å². The Labute approximate surface area is 121 Å². The lowest BCUT2D eigenvalue weighted by molar-refractivity contribution is 0.386. The third-order valence-electron chi connectivity index (χ3n) is 3.43. The molecule has 1 unspecified atom stereocenters. The largest absolute Gasteiger partial charge is 0.508 e. The van der Waals surface area contributed by atoms with Crippen LogP contribution >= 0.6 is 12.4 Å². The molecule has 2 aromatic rings. The van der Waals surface area contributed by atoms with Crippen molar-refractivity contribution in [2.45, 2.75) is 19.3 Å². The molecule has 0 spiro atoms. The summed E-state index contributed by atoms with van der Waals surface area (Å²) in [6.07, 6.45) is 1.16. The molecule has 0 heterocycles. The molecule has 0 aliphatic rings. The SMILES string of the molecule is CC(CCN(C)C)c1ccc2cc(O)ccc2c1.Cl. The van der Waals surface area contributed by atoms with Gasteiger partial charge in [0.2, 0.25) is 0 Å². The number of nitrogens with zero attached hydrogens (tertiary/aromatic N) is 1. The van der Waals surface area contributed by atoms with Crippen molar-refractivity contribution in [1.82, 2.24) is 4.90 Å². The molecule has 0 bridgehead atoms. The number of benzene rings is 2. The van der Waals surface area contributed by atoms with Gasteiger partial charge in [-0.3, -0.25) is 0 Å². The van der Waals surface area contributed by atoms with Gasteiger partial charge in [-0.15, -0.1) is 12.4 Å². The maximum atomic E-state index is 9.45. The Kier molecular flexibility index (Phi) is 5.64. The van der Waals surface area contributed by atoms with E-state index in [9.17, 15) is 5.11 Å². The van der Waals surface area contributed by atoms with E-state index in [2.05, 4.69) is 44.1 Å². The second-order valence-corrected chi connectivity index (χ2v) is 5.28. The molecule has 0 amide bonds. The van der Waals surface area contributed by atoms with Crippen molar-refractivity contribution in [3.8, 4) is 5.75 Å². The number of hydrogen-bond acceptors (Lipinski definition) is 2. The van der Waals surface area contributed by atoms with Crippen LogP contribution in [0.2, 0.25) is 0 Å². The van der Waals surface area contributed by atoms with Crippen LogP contribution in [0, 0.1) is 0 Å². The van der Waals surface area contributed by atoms with E-state index in [1.54, 1.807) is 6.07 Å². The van der Waals surface area contributed by atoms with Gasteiger partial charge in [-0.2, -0.15) is 0 Å². The fraction of sp³-hybridized carbons (Fsp3) is 0.375. The summed E-state index contributed by atoms with van der Waals surface area (Å²) in [6, 6.07) is 12.0. The van der Waals surface area contributed by atoms with E-state index in [0.29, 0.717) is 11.7 Å². The van der Waals surface area contributed by atoms with Gasteiger partial charge in [0.15, 0.2) is 0 Å². The summed E-state index contributed by atoms with van der Waals surface area (Å²) in [5.41, 5.74) is 1.37. The summed E-state index contributed by atoms with van der Waals surface area (Å²) in [5, 5.41) is 11.7. The van der Waals surface area contributed by atoms with Gasteiger partial charge in [-0.1, -0.05) is 31.2 Å². The first-order chi connectivity index (χ1) is 8.56. The molecule has 104 valence electrons. The van der Waals surface area contributed by atoms with Crippen molar-refractivity contribution < 1.29 is 5.11 Å². The number of fused-ring (bicyclic) bond motifs is 1. The van der Waals surface area contributed by atoms with Gasteiger partial charge in [0.25, 0.3) is 0 Å². The van der Waals surface area contributed by atoms with Crippen LogP contribution in [-0.2, 0) is 0 Å². The maximum absolute atomic E-state index is 9.45. The summed E-state index contributed by atoms with van der Waals surface area (Å²) < 4.78 is 0. The second kappa shape index (κ2) is 6.78. The van der Waals surface area contributed by atoms with Gasteiger partial charge in [0.05, 0.1) is 0 Å². The number of phenolic OH excluding ortho intramolecular Hbond substituents is 1. The minimum absolute atomic E-state index is 0. The summed E-state index contributed by atoms with van der Waals surface area (Å²) >= 11 is 0. The molecule has 2 aromatic carbocycles. The highest BCUT2D eigenvalue weighted by atomic mass is 35.5. The number of phenols is 1. The van der Waals surface area contributed by atoms with Crippen LogP contribution in [0.25, 0.3) is 10.8 Å². The first kappa shape index (κ1) is 15.8. The molecule has 0 saturated heterocycles. The molecular formula is C16H22ClNO. The Morgan fingerprint density at radius 2 is 1.68 bits per heavy atom. The van der Waals surface area contributed by atoms with Crippen LogP contribution in [0.15, 0.2) is 36.4 Å². The minimum Gasteiger partial charge on any atom is -0.508 e. The lowest BCUT2D eigenvalue weighted by atomic mass is 9.95. The average Bonchev–Trinajstić information content (AvgIpc) is 2.35. The molecule has 0 aliphatic carbocycles. The van der Waals surface area contributed by atoms with E-state index in [0.717, 1.165) is 18.4 Å². The standard InChI is InChI=1S/C16H21NO.ClH/c1-12(8-9-17(2)3)13-4-5-15-11-16(18)7-6-14(15)10-13;/h4-7,10-12,18H,8-9H2,1-3H3;1H. The highest BCUT2D eigenvalue weighted by Crippen LogP contribution is 2.26. The van der Waals surface area contributed by atoms with Crippen LogP contribution in [0.3, 0.4) is 0 Å². The van der Waals surface area contributed by atoms with E-state index < -0.39 is 0 Å². The van der Waals surface area contributed by atoms with Crippen molar-refractivity contribution in [1.29, 1.82) is 0 Å². The lowest BCUT2D eigenvalue weighted by Gasteiger charge is -2.16. The van der Waals surface area contributed by atoms with E-state index in [1.165, 1.54) is 10.9 Å². The molecule has 19 heavy (non-hydrogen) atoms. The van der Waals surface area contributed by atoms with Gasteiger partial charge in [0, 0.05) is 0 Å². The molecule has 0 fully saturated rings. The van der Waals surface area contributed by atoms with Crippen LogP contribution in [0.4, 0.5) is 0 Å². The molecule has 1 N–H and O–H groups in total. The molecule has 2 nitrogen and oxygen atoms in total. The zero-order chi connectivity index (χ0) is 13.1. The van der Waals surface area contributed by atoms with Gasteiger partial charge in [-0.25, -0.2) is 0 Å². The van der Waals surface area contributed by atoms with Gasteiger partial charge >= 0.3 is 0 Å². The van der Waals surface area contributed by atoms with Gasteiger partial charge < -0.3 is 10.0 Å². The quantitative estimate of drug-likeness (QED) is 0.914. The summed E-state index contributed by atoms with van der Waals surface area (Å²) in [5.74, 6) is 0.890. The summed E-state index contributed by atoms with van der Waals surface area (Å²) in [6.45, 7) is 3.37. The van der Waals surface area contributed by atoms with Crippen LogP contribution in [0.5, 0.6) is 5.75 Å². The van der Waals surface area contributed by atoms with Crippen molar-refractivity contribution in [2.24, 2.45) is 0 Å². The minimum atomic E-state index is 0. The molecule has 0 aliphatic heterocycles. The van der Waals surface area contributed by atoms with E-state index in [-0.39, 0.29) is 12.4 Å². The molecule has 1 atom stereocenters. The van der Waals surface area contributed by atoms with Gasteiger partial charge in [0.1, 0.15) is 5.75 Å². The first-order valence-electron chi connectivity index (χ1n) is 6.43. The van der Waals surface area contributed by atoms with E-state index >= 15 is 0 Å². The number of halogens is 1. The zero-order valence-electron chi connectivity index (χ0n) is 11.8. The van der Waals surface area contributed by atoms with Crippen LogP contribution in [-0.4, -0.2) is 30.6 Å². The predicted molar refractivity (Wildman–Crippen MR) is 84.4 cm³/mol. The molecule has 0 aromatic heterocycles. The Bertz CT molecular complexity index is 539. The monoisotopic (exact) mass is 279 g/mol. The second-order valence-electron chi connectivity index (χ2n) is 5.28. The molecule has 0 radical (unpaired) electrons. The van der Waals surface area contributed by atoms with Crippen molar-refractivity contribution in [3.05, 3.63) is 42.0 Å². The molecular weight excluding hydrogens is 258 g/mol. The molecule has 2 rings (SSSR count). The van der Waals surface area contributed by atoms with Crippen molar-refractivity contribution in [3.63, 3.8) is 0 Å². The zero-order valence-corrected chi connectivity index (χ0v) is 12.6. The third-order valence-corrected chi connectivity index (χ3v) is 3.43. The maximum Gasteiger partial charge on any atom is 0.116 e. The highest BCUT2D eigenvalue weighted by Gasteiger charge is 2.07. The summed E-state index contributed by atoms with van der Waals surface area (Å²) in [7, 11) is 4.21. The third kappa shape index (κ3) is 4.12. The Morgan fingerprint density at radius 3 is 2.37 bits per heavy atom. The Morgan fingerprint density at radius 1 is 1.05 bits per heavy atom. The molecule has 0 saturated carbocycles. The lowest BCUT2D eigenvalue weighted by Crippen LogP contribution is -2.15. The topological polar surface area (TPSA) is 23.5 Å². The van der Waals surface area contributed by atoms with E-state index in [1.807, 2.05) is 12.1 Å². The fourth-order valence-corrected chi connectivity index (χ4v) is 2.18. The van der Waals surface area contributed by atoms with Crippen LogP contribution in [0.1, 0.15) is 24.8 Å². The normalized spacial score (nSPS) is 12.4. The fourth-order valence-electron chi connectivity index (χ4n) is 2.18. The number of rotatable bonds is 4. The first-order valence-corrected chi connectivity index (χ1v) is 6.43. The molecule has 3 heteroatoms. The Hall–Kier alpha value is -1.25. The smallest absolute Gasteiger partial charge is 0.116 e. The van der Waals surface area contributed by atoms with E-state index in [4.69, 9.17) is 0 Å².